The molecule has 9 heteroatoms. The molecule has 0 aromatic heterocycles. The smallest absolute Gasteiger partial charge is 0.303 e. The third-order valence-corrected chi connectivity index (χ3v) is 4.89. The molecule has 1 aliphatic rings. The molecule has 2 aromatic carbocycles. The number of fused-ring (bicyclic) bond motifs is 1. The summed E-state index contributed by atoms with van der Waals surface area (Å²) in [5.74, 6) is -3.30. The first-order valence-corrected chi connectivity index (χ1v) is 9.20. The van der Waals surface area contributed by atoms with Crippen molar-refractivity contribution in [3.05, 3.63) is 58.9 Å². The van der Waals surface area contributed by atoms with Crippen molar-refractivity contribution in [3.8, 4) is 5.75 Å². The Morgan fingerprint density at radius 3 is 2.77 bits per heavy atom. The number of carboxylic acids is 1. The molecule has 1 aliphatic heterocycles. The van der Waals surface area contributed by atoms with Crippen molar-refractivity contribution in [2.75, 3.05) is 12.4 Å². The molecule has 2 aromatic rings. The summed E-state index contributed by atoms with van der Waals surface area (Å²) in [5.41, 5.74) is 7.04. The van der Waals surface area contributed by atoms with E-state index in [1.165, 1.54) is 13.2 Å². The Bertz CT molecular complexity index is 1050. The van der Waals surface area contributed by atoms with Gasteiger partial charge in [0.05, 0.1) is 8.48 Å². The Morgan fingerprint density at radius 2 is 2.10 bits per heavy atom. The Kier molecular flexibility index (Phi) is 5.78. The van der Waals surface area contributed by atoms with Gasteiger partial charge in [-0.25, -0.2) is 4.39 Å². The molecule has 0 saturated carbocycles. The highest BCUT2D eigenvalue weighted by Crippen LogP contribution is 2.32. The number of methoxy groups -OCH3 is 1. The second kappa shape index (κ2) is 8.81. The number of nitrogens with two attached hydrogens (primary N) is 1. The SMILES string of the molecule is [2H]C(CCC(=O)O)(C(N)=O)N1Cc2c(NCc3cccc(OC)c3F)cccc2C1=O. The zero-order chi connectivity index (χ0) is 22.8. The van der Waals surface area contributed by atoms with Crippen molar-refractivity contribution in [2.45, 2.75) is 31.9 Å². The largest absolute Gasteiger partial charge is 0.494 e. The summed E-state index contributed by atoms with van der Waals surface area (Å²) in [5, 5.41) is 12.0. The molecular weight excluding hydrogens is 393 g/mol. The van der Waals surface area contributed by atoms with E-state index >= 15 is 0 Å². The predicted octanol–water partition coefficient (Wildman–Crippen LogP) is 2.12. The Hall–Kier alpha value is -3.62. The van der Waals surface area contributed by atoms with Gasteiger partial charge in [-0.2, -0.15) is 0 Å². The average Bonchev–Trinajstić information content (AvgIpc) is 3.09. The van der Waals surface area contributed by atoms with Crippen LogP contribution < -0.4 is 15.8 Å². The number of amides is 2. The zero-order valence-corrected chi connectivity index (χ0v) is 16.3. The van der Waals surface area contributed by atoms with E-state index in [0.29, 0.717) is 16.8 Å². The van der Waals surface area contributed by atoms with Crippen LogP contribution in [0, 0.1) is 5.82 Å². The lowest BCUT2D eigenvalue weighted by Crippen LogP contribution is -2.45. The minimum atomic E-state index is -2.20. The predicted molar refractivity (Wildman–Crippen MR) is 106 cm³/mol. The molecule has 0 bridgehead atoms. The van der Waals surface area contributed by atoms with Gasteiger partial charge in [-0.05, 0) is 24.6 Å². The highest BCUT2D eigenvalue weighted by atomic mass is 19.1. The number of ether oxygens (including phenoxy) is 1. The molecule has 0 aliphatic carbocycles. The van der Waals surface area contributed by atoms with Crippen molar-refractivity contribution < 1.29 is 30.0 Å². The van der Waals surface area contributed by atoms with Crippen molar-refractivity contribution >= 4 is 23.5 Å². The van der Waals surface area contributed by atoms with Gasteiger partial charge in [-0.3, -0.25) is 14.4 Å². The molecule has 0 radical (unpaired) electrons. The average molecular weight is 416 g/mol. The molecule has 0 saturated heterocycles. The molecule has 30 heavy (non-hydrogen) atoms. The number of nitrogens with zero attached hydrogens (tertiary/aromatic N) is 1. The topological polar surface area (TPSA) is 122 Å². The van der Waals surface area contributed by atoms with E-state index in [9.17, 15) is 18.8 Å². The van der Waals surface area contributed by atoms with Crippen LogP contribution in [0.4, 0.5) is 10.1 Å². The van der Waals surface area contributed by atoms with Crippen LogP contribution in [0.15, 0.2) is 36.4 Å². The van der Waals surface area contributed by atoms with Crippen molar-refractivity contribution in [2.24, 2.45) is 5.73 Å². The van der Waals surface area contributed by atoms with Crippen molar-refractivity contribution in [1.82, 2.24) is 4.90 Å². The van der Waals surface area contributed by atoms with Crippen LogP contribution in [0.1, 0.15) is 35.7 Å². The van der Waals surface area contributed by atoms with Crippen LogP contribution in [0.2, 0.25) is 0 Å². The molecule has 3 rings (SSSR count). The first-order chi connectivity index (χ1) is 14.7. The highest BCUT2D eigenvalue weighted by Gasteiger charge is 2.36. The quantitative estimate of drug-likeness (QED) is 0.576. The number of carboxylic acid groups (broad SMARTS) is 1. The summed E-state index contributed by atoms with van der Waals surface area (Å²) >= 11 is 0. The molecule has 4 N–H and O–H groups in total. The summed E-state index contributed by atoms with van der Waals surface area (Å²) in [4.78, 5) is 36.8. The van der Waals surface area contributed by atoms with Gasteiger partial charge in [0.1, 0.15) is 6.02 Å². The molecule has 1 unspecified atom stereocenters. The van der Waals surface area contributed by atoms with Crippen LogP contribution in [0.5, 0.6) is 5.75 Å². The van der Waals surface area contributed by atoms with E-state index in [-0.39, 0.29) is 24.4 Å². The first kappa shape index (κ1) is 19.7. The molecule has 158 valence electrons. The number of halogens is 1. The van der Waals surface area contributed by atoms with Crippen molar-refractivity contribution in [3.63, 3.8) is 0 Å². The second-order valence-corrected chi connectivity index (χ2v) is 6.71. The van der Waals surface area contributed by atoms with Crippen LogP contribution in [-0.4, -0.2) is 40.9 Å². The van der Waals surface area contributed by atoms with Crippen LogP contribution in [0.3, 0.4) is 0 Å². The van der Waals surface area contributed by atoms with E-state index in [4.69, 9.17) is 16.9 Å². The number of anilines is 1. The summed E-state index contributed by atoms with van der Waals surface area (Å²) in [6.45, 7) is -0.00147. The number of rotatable bonds is 9. The molecule has 1 atom stereocenters. The number of aliphatic carboxylic acids is 1. The minimum Gasteiger partial charge on any atom is -0.494 e. The van der Waals surface area contributed by atoms with Gasteiger partial charge in [-0.15, -0.1) is 0 Å². The lowest BCUT2D eigenvalue weighted by atomic mass is 10.1. The Balaban J connectivity index is 1.86. The lowest BCUT2D eigenvalue weighted by Gasteiger charge is -2.24. The van der Waals surface area contributed by atoms with Gasteiger partial charge in [0, 0.05) is 41.9 Å². The molecule has 0 fully saturated rings. The zero-order valence-electron chi connectivity index (χ0n) is 17.3. The number of hydrogen-bond donors (Lipinski definition) is 3. The van der Waals surface area contributed by atoms with Gasteiger partial charge in [-0.1, -0.05) is 18.2 Å². The second-order valence-electron chi connectivity index (χ2n) is 6.71. The third-order valence-electron chi connectivity index (χ3n) is 4.89. The third kappa shape index (κ3) is 4.19. The van der Waals surface area contributed by atoms with E-state index < -0.39 is 42.5 Å². The molecular formula is C21H22FN3O5. The monoisotopic (exact) mass is 416 g/mol. The van der Waals surface area contributed by atoms with Crippen LogP contribution >= 0.6 is 0 Å². The number of benzene rings is 2. The van der Waals surface area contributed by atoms with E-state index in [1.807, 2.05) is 0 Å². The first-order valence-electron chi connectivity index (χ1n) is 9.70. The summed E-state index contributed by atoms with van der Waals surface area (Å²) in [6.07, 6.45) is -0.929. The van der Waals surface area contributed by atoms with Crippen LogP contribution in [-0.2, 0) is 22.7 Å². The standard InChI is InChI=1S/C21H22FN3O5/c1-30-17-7-2-4-12(19(17)22)10-24-15-6-3-5-13-14(15)11-25(21(13)29)16(20(23)28)8-9-18(26)27/h2-7,16,24H,8-11H2,1H3,(H2,23,28)(H,26,27)/i16D. The Labute approximate surface area is 173 Å². The summed E-state index contributed by atoms with van der Waals surface area (Å²) in [7, 11) is 1.37. The van der Waals surface area contributed by atoms with Gasteiger partial charge in [0.2, 0.25) is 5.91 Å². The van der Waals surface area contributed by atoms with Crippen LogP contribution in [0.25, 0.3) is 0 Å². The Morgan fingerprint density at radius 1 is 1.37 bits per heavy atom. The maximum absolute atomic E-state index is 14.4. The fourth-order valence-electron chi connectivity index (χ4n) is 3.37. The van der Waals surface area contributed by atoms with E-state index in [0.717, 1.165) is 4.90 Å². The lowest BCUT2D eigenvalue weighted by molar-refractivity contribution is -0.137. The highest BCUT2D eigenvalue weighted by molar-refractivity contribution is 6.02. The number of nitrogens with one attached hydrogen (secondary N) is 1. The van der Waals surface area contributed by atoms with Crippen molar-refractivity contribution in [1.29, 1.82) is 0 Å². The van der Waals surface area contributed by atoms with Gasteiger partial charge < -0.3 is 25.8 Å². The fourth-order valence-corrected chi connectivity index (χ4v) is 3.37. The number of carbonyl (C=O) groups excluding carboxylic acids is 2. The molecule has 0 spiro atoms. The van der Waals surface area contributed by atoms with E-state index in [1.54, 1.807) is 30.3 Å². The molecule has 1 heterocycles. The summed E-state index contributed by atoms with van der Waals surface area (Å²) < 4.78 is 27.8. The maximum Gasteiger partial charge on any atom is 0.303 e. The minimum absolute atomic E-state index is 0.106. The number of carbonyl (C=O) groups is 3. The number of hydrogen-bond acceptors (Lipinski definition) is 5. The summed E-state index contributed by atoms with van der Waals surface area (Å²) in [6, 6.07) is 7.42. The number of primary amides is 1. The van der Waals surface area contributed by atoms with Gasteiger partial charge >= 0.3 is 5.97 Å². The van der Waals surface area contributed by atoms with Gasteiger partial charge in [0.15, 0.2) is 11.6 Å². The molecule has 8 nitrogen and oxygen atoms in total. The molecule has 2 amide bonds. The normalized spacial score (nSPS) is 15.2. The maximum atomic E-state index is 14.4. The fraction of sp³-hybridized carbons (Fsp3) is 0.286. The van der Waals surface area contributed by atoms with E-state index in [2.05, 4.69) is 5.32 Å². The van der Waals surface area contributed by atoms with Gasteiger partial charge in [0.25, 0.3) is 5.91 Å².